The van der Waals surface area contributed by atoms with Gasteiger partial charge in [0.15, 0.2) is 0 Å². The topological polar surface area (TPSA) is 92.5 Å². The van der Waals surface area contributed by atoms with E-state index in [9.17, 15) is 14.9 Å². The highest BCUT2D eigenvalue weighted by Crippen LogP contribution is 2.26. The number of carbonyl (C=O) groups is 1. The minimum absolute atomic E-state index is 0.142. The first-order chi connectivity index (χ1) is 9.06. The predicted molar refractivity (Wildman–Crippen MR) is 71.2 cm³/mol. The zero-order valence-electron chi connectivity index (χ0n) is 10.4. The van der Waals surface area contributed by atoms with Gasteiger partial charge in [-0.25, -0.2) is 0 Å². The first-order valence-corrected chi connectivity index (χ1v) is 7.12. The van der Waals surface area contributed by atoms with Gasteiger partial charge in [0.2, 0.25) is 0 Å². The van der Waals surface area contributed by atoms with Crippen molar-refractivity contribution in [3.8, 4) is 0 Å². The molecule has 0 spiro atoms. The zero-order valence-corrected chi connectivity index (χ0v) is 11.2. The molecule has 2 N–H and O–H groups in total. The van der Waals surface area contributed by atoms with Crippen LogP contribution in [0.15, 0.2) is 11.4 Å². The van der Waals surface area contributed by atoms with Crippen molar-refractivity contribution in [2.24, 2.45) is 5.92 Å². The highest BCUT2D eigenvalue weighted by molar-refractivity contribution is 7.13. The van der Waals surface area contributed by atoms with Gasteiger partial charge in [-0.05, 0) is 24.8 Å². The molecule has 0 aliphatic heterocycles. The van der Waals surface area contributed by atoms with Crippen LogP contribution in [0.3, 0.4) is 0 Å². The molecule has 104 valence electrons. The van der Waals surface area contributed by atoms with E-state index in [-0.39, 0.29) is 17.0 Å². The molecule has 0 bridgehead atoms. The third-order valence-electron chi connectivity index (χ3n) is 3.44. The zero-order chi connectivity index (χ0) is 13.8. The highest BCUT2D eigenvalue weighted by Gasteiger charge is 2.26. The van der Waals surface area contributed by atoms with Crippen molar-refractivity contribution < 1.29 is 14.8 Å². The maximum atomic E-state index is 11.0. The molecular formula is C12H16N2O4S. The number of nitrogens with one attached hydrogen (secondary N) is 1. The molecule has 19 heavy (non-hydrogen) atoms. The molecule has 2 unspecified atom stereocenters. The van der Waals surface area contributed by atoms with Crippen LogP contribution in [-0.4, -0.2) is 22.0 Å². The average Bonchev–Trinajstić information content (AvgIpc) is 2.85. The lowest BCUT2D eigenvalue weighted by Crippen LogP contribution is -2.35. The van der Waals surface area contributed by atoms with Crippen LogP contribution >= 0.6 is 11.3 Å². The molecular weight excluding hydrogens is 268 g/mol. The summed E-state index contributed by atoms with van der Waals surface area (Å²) in [6.07, 6.45) is 3.27. The molecule has 0 saturated heterocycles. The molecule has 1 heterocycles. The fourth-order valence-electron chi connectivity index (χ4n) is 2.41. The van der Waals surface area contributed by atoms with Crippen LogP contribution in [0.25, 0.3) is 0 Å². The van der Waals surface area contributed by atoms with Gasteiger partial charge >= 0.3 is 11.0 Å². The van der Waals surface area contributed by atoms with E-state index < -0.39 is 10.9 Å². The second-order valence-electron chi connectivity index (χ2n) is 4.83. The van der Waals surface area contributed by atoms with Crippen LogP contribution in [0.2, 0.25) is 0 Å². The molecule has 1 saturated carbocycles. The van der Waals surface area contributed by atoms with Crippen LogP contribution in [0, 0.1) is 16.0 Å². The number of rotatable bonds is 5. The lowest BCUT2D eigenvalue weighted by atomic mass is 9.86. The summed E-state index contributed by atoms with van der Waals surface area (Å²) in [5, 5.41) is 24.8. The Kier molecular flexibility index (Phi) is 4.49. The molecule has 6 nitrogen and oxygen atoms in total. The summed E-state index contributed by atoms with van der Waals surface area (Å²) in [5.74, 6) is -0.985. The largest absolute Gasteiger partial charge is 0.481 e. The fourth-order valence-corrected chi connectivity index (χ4v) is 3.14. The van der Waals surface area contributed by atoms with E-state index in [0.717, 1.165) is 36.2 Å². The number of hydrogen-bond acceptors (Lipinski definition) is 5. The minimum Gasteiger partial charge on any atom is -0.481 e. The number of carboxylic acids is 1. The second kappa shape index (κ2) is 6.12. The molecule has 0 radical (unpaired) electrons. The average molecular weight is 284 g/mol. The Labute approximate surface area is 114 Å². The van der Waals surface area contributed by atoms with E-state index in [1.54, 1.807) is 11.4 Å². The Morgan fingerprint density at radius 3 is 3.00 bits per heavy atom. The molecule has 2 atom stereocenters. The van der Waals surface area contributed by atoms with Crippen molar-refractivity contribution in [1.82, 2.24) is 5.32 Å². The number of hydrogen-bond donors (Lipinski definition) is 2. The van der Waals surface area contributed by atoms with E-state index in [1.165, 1.54) is 0 Å². The number of nitrogens with zero attached hydrogens (tertiary/aromatic N) is 1. The van der Waals surface area contributed by atoms with Gasteiger partial charge in [0, 0.05) is 24.0 Å². The summed E-state index contributed by atoms with van der Waals surface area (Å²) >= 11 is 1.12. The Hall–Kier alpha value is -1.47. The molecule has 1 fully saturated rings. The van der Waals surface area contributed by atoms with Crippen LogP contribution in [0.1, 0.15) is 31.2 Å². The summed E-state index contributed by atoms with van der Waals surface area (Å²) in [6.45, 7) is 0.557. The maximum absolute atomic E-state index is 11.0. The smallest absolute Gasteiger partial charge is 0.324 e. The van der Waals surface area contributed by atoms with Gasteiger partial charge in [0.1, 0.15) is 0 Å². The van der Waals surface area contributed by atoms with Gasteiger partial charge < -0.3 is 10.4 Å². The molecule has 1 aromatic heterocycles. The van der Waals surface area contributed by atoms with Crippen LogP contribution < -0.4 is 5.32 Å². The molecule has 0 amide bonds. The lowest BCUT2D eigenvalue weighted by molar-refractivity contribution is -0.380. The number of carboxylic acid groups (broad SMARTS) is 1. The number of aliphatic carboxylic acids is 1. The third-order valence-corrected chi connectivity index (χ3v) is 4.37. The monoisotopic (exact) mass is 284 g/mol. The van der Waals surface area contributed by atoms with Crippen molar-refractivity contribution >= 4 is 22.3 Å². The van der Waals surface area contributed by atoms with Crippen LogP contribution in [0.5, 0.6) is 0 Å². The van der Waals surface area contributed by atoms with Crippen molar-refractivity contribution in [2.45, 2.75) is 38.3 Å². The second-order valence-corrected chi connectivity index (χ2v) is 5.72. The SMILES string of the molecule is O=C(O)C1CCCC(NCc2csc([N+](=O)[O-])c2)C1. The summed E-state index contributed by atoms with van der Waals surface area (Å²) < 4.78 is 0. The summed E-state index contributed by atoms with van der Waals surface area (Å²) in [6, 6.07) is 1.75. The predicted octanol–water partition coefficient (Wildman–Crippen LogP) is 2.39. The van der Waals surface area contributed by atoms with Gasteiger partial charge in [-0.2, -0.15) is 0 Å². The molecule has 7 heteroatoms. The van der Waals surface area contributed by atoms with Crippen LogP contribution in [0.4, 0.5) is 5.00 Å². The van der Waals surface area contributed by atoms with Crippen molar-refractivity contribution in [3.63, 3.8) is 0 Å². The third kappa shape index (κ3) is 3.74. The number of nitro groups is 1. The highest BCUT2D eigenvalue weighted by atomic mass is 32.1. The van der Waals surface area contributed by atoms with Gasteiger partial charge in [0.25, 0.3) is 0 Å². The summed E-state index contributed by atoms with van der Waals surface area (Å²) in [7, 11) is 0. The van der Waals surface area contributed by atoms with Gasteiger partial charge in [-0.15, -0.1) is 0 Å². The van der Waals surface area contributed by atoms with Crippen LogP contribution in [-0.2, 0) is 11.3 Å². The summed E-state index contributed by atoms with van der Waals surface area (Å²) in [5.41, 5.74) is 0.883. The Morgan fingerprint density at radius 2 is 2.37 bits per heavy atom. The van der Waals surface area contributed by atoms with Gasteiger partial charge in [0.05, 0.1) is 10.8 Å². The quantitative estimate of drug-likeness (QED) is 0.639. The minimum atomic E-state index is -0.724. The van der Waals surface area contributed by atoms with E-state index in [2.05, 4.69) is 5.32 Å². The molecule has 0 aromatic carbocycles. The Bertz CT molecular complexity index is 474. The molecule has 1 aliphatic rings. The van der Waals surface area contributed by atoms with Crippen molar-refractivity contribution in [2.75, 3.05) is 0 Å². The fraction of sp³-hybridized carbons (Fsp3) is 0.583. The normalized spacial score (nSPS) is 23.2. The molecule has 1 aliphatic carbocycles. The van der Waals surface area contributed by atoms with E-state index in [1.807, 2.05) is 0 Å². The van der Waals surface area contributed by atoms with E-state index in [4.69, 9.17) is 5.11 Å². The number of thiophene rings is 1. The van der Waals surface area contributed by atoms with Gasteiger partial charge in [-0.3, -0.25) is 14.9 Å². The lowest BCUT2D eigenvalue weighted by Gasteiger charge is -2.27. The Balaban J connectivity index is 1.84. The van der Waals surface area contributed by atoms with Crippen molar-refractivity contribution in [3.05, 3.63) is 27.1 Å². The van der Waals surface area contributed by atoms with Gasteiger partial charge in [-0.1, -0.05) is 17.8 Å². The molecule has 2 rings (SSSR count). The maximum Gasteiger partial charge on any atom is 0.324 e. The van der Waals surface area contributed by atoms with E-state index >= 15 is 0 Å². The first-order valence-electron chi connectivity index (χ1n) is 6.24. The first kappa shape index (κ1) is 14.0. The Morgan fingerprint density at radius 1 is 1.58 bits per heavy atom. The van der Waals surface area contributed by atoms with E-state index in [0.29, 0.717) is 13.0 Å². The summed E-state index contributed by atoms with van der Waals surface area (Å²) in [4.78, 5) is 21.1. The standard InChI is InChI=1S/C12H16N2O4S/c15-12(16)9-2-1-3-10(5-9)13-6-8-4-11(14(17)18)19-7-8/h4,7,9-10,13H,1-3,5-6H2,(H,15,16). The van der Waals surface area contributed by atoms with Crippen molar-refractivity contribution in [1.29, 1.82) is 0 Å². The molecule has 1 aromatic rings.